The van der Waals surface area contributed by atoms with E-state index >= 15 is 0 Å². The van der Waals surface area contributed by atoms with Crippen molar-refractivity contribution in [3.05, 3.63) is 0 Å². The quantitative estimate of drug-likeness (QED) is 0.764. The van der Waals surface area contributed by atoms with E-state index in [2.05, 4.69) is 4.90 Å². The Balaban J connectivity index is 2.04. The lowest BCUT2D eigenvalue weighted by Crippen LogP contribution is -2.73. The molecule has 0 aromatic rings. The molecule has 0 unspecified atom stereocenters. The first-order valence-electron chi connectivity index (χ1n) is 8.12. The summed E-state index contributed by atoms with van der Waals surface area (Å²) in [4.78, 5) is 27.3. The van der Waals surface area contributed by atoms with Crippen LogP contribution in [0.1, 0.15) is 40.0 Å². The predicted octanol–water partition coefficient (Wildman–Crippen LogP) is 1.56. The lowest BCUT2D eigenvalue weighted by atomic mass is 9.84. The lowest BCUT2D eigenvalue weighted by Gasteiger charge is -2.55. The van der Waals surface area contributed by atoms with Gasteiger partial charge in [-0.25, -0.2) is 4.79 Å². The van der Waals surface area contributed by atoms with Crippen molar-refractivity contribution in [2.24, 2.45) is 0 Å². The summed E-state index contributed by atoms with van der Waals surface area (Å²) in [6.07, 6.45) is 1.82. The number of rotatable bonds is 7. The molecule has 0 aromatic carbocycles. The van der Waals surface area contributed by atoms with E-state index in [4.69, 9.17) is 9.47 Å². The Morgan fingerprint density at radius 3 is 2.35 bits per heavy atom. The maximum Gasteiger partial charge on any atom is 0.410 e. The van der Waals surface area contributed by atoms with Crippen molar-refractivity contribution >= 4 is 12.1 Å². The zero-order chi connectivity index (χ0) is 17.3. The van der Waals surface area contributed by atoms with Crippen molar-refractivity contribution in [3.63, 3.8) is 0 Å². The largest absolute Gasteiger partial charge is 0.481 e. The number of carbonyl (C=O) groups excluding carboxylic acids is 1. The molecule has 1 aliphatic heterocycles. The molecule has 0 radical (unpaired) electrons. The molecule has 23 heavy (non-hydrogen) atoms. The maximum atomic E-state index is 12.1. The third kappa shape index (κ3) is 4.57. The number of nitrogens with zero attached hydrogens (tertiary/aromatic N) is 2. The van der Waals surface area contributed by atoms with Gasteiger partial charge in [0, 0.05) is 32.8 Å². The first kappa shape index (κ1) is 18.0. The Kier molecular flexibility index (Phi) is 5.20. The van der Waals surface area contributed by atoms with Gasteiger partial charge >= 0.3 is 12.1 Å². The summed E-state index contributed by atoms with van der Waals surface area (Å²) in [5, 5.41) is 9.31. The smallest absolute Gasteiger partial charge is 0.410 e. The van der Waals surface area contributed by atoms with Gasteiger partial charge in [0.2, 0.25) is 0 Å². The van der Waals surface area contributed by atoms with Crippen LogP contribution < -0.4 is 0 Å². The monoisotopic (exact) mass is 328 g/mol. The fourth-order valence-electron chi connectivity index (χ4n) is 3.18. The molecule has 1 N–H and O–H groups in total. The van der Waals surface area contributed by atoms with Gasteiger partial charge in [0.25, 0.3) is 0 Å². The van der Waals surface area contributed by atoms with Crippen LogP contribution in [0.2, 0.25) is 0 Å². The van der Waals surface area contributed by atoms with Crippen LogP contribution in [0, 0.1) is 0 Å². The van der Waals surface area contributed by atoms with Gasteiger partial charge in [-0.15, -0.1) is 0 Å². The van der Waals surface area contributed by atoms with Gasteiger partial charge in [0.05, 0.1) is 18.6 Å². The summed E-state index contributed by atoms with van der Waals surface area (Å²) >= 11 is 0. The molecule has 0 spiro atoms. The van der Waals surface area contributed by atoms with E-state index < -0.39 is 17.1 Å². The van der Waals surface area contributed by atoms with Gasteiger partial charge in [-0.2, -0.15) is 0 Å². The van der Waals surface area contributed by atoms with Crippen LogP contribution >= 0.6 is 0 Å². The molecule has 1 aliphatic carbocycles. The van der Waals surface area contributed by atoms with Gasteiger partial charge in [-0.05, 0) is 33.6 Å². The second-order valence-corrected chi connectivity index (χ2v) is 7.55. The van der Waals surface area contributed by atoms with Crippen LogP contribution in [0.4, 0.5) is 4.79 Å². The minimum Gasteiger partial charge on any atom is -0.481 e. The predicted molar refractivity (Wildman–Crippen MR) is 84.4 cm³/mol. The molecule has 0 bridgehead atoms. The number of ether oxygens (including phenoxy) is 2. The Morgan fingerprint density at radius 1 is 1.30 bits per heavy atom. The highest BCUT2D eigenvalue weighted by molar-refractivity contribution is 5.73. The normalized spacial score (nSPS) is 20.3. The number of likely N-dealkylation sites (tertiary alicyclic amines) is 1. The molecule has 0 atom stereocenters. The summed E-state index contributed by atoms with van der Waals surface area (Å²) in [7, 11) is 1.64. The molecule has 1 saturated carbocycles. The summed E-state index contributed by atoms with van der Waals surface area (Å²) in [6, 6.07) is 0.408. The highest BCUT2D eigenvalue weighted by Gasteiger charge is 2.54. The minimum atomic E-state index is -0.836. The van der Waals surface area contributed by atoms with Crippen molar-refractivity contribution < 1.29 is 24.2 Å². The van der Waals surface area contributed by atoms with Crippen LogP contribution in [0.3, 0.4) is 0 Å². The van der Waals surface area contributed by atoms with Gasteiger partial charge in [-0.1, -0.05) is 0 Å². The summed E-state index contributed by atoms with van der Waals surface area (Å²) in [6.45, 7) is 7.52. The topological polar surface area (TPSA) is 79.3 Å². The molecule has 132 valence electrons. The highest BCUT2D eigenvalue weighted by Crippen LogP contribution is 2.40. The van der Waals surface area contributed by atoms with Crippen molar-refractivity contribution in [3.8, 4) is 0 Å². The van der Waals surface area contributed by atoms with Crippen LogP contribution in [-0.4, -0.2) is 77.5 Å². The standard InChI is InChI=1S/C16H28N2O5/c1-15(2,3)23-14(21)17-10-16(11-17,9-13(19)20)18(7-8-22-4)12-5-6-12/h12H,5-11H2,1-4H3,(H,19,20). The molecule has 1 saturated heterocycles. The third-order valence-electron chi connectivity index (χ3n) is 4.24. The molecular formula is C16H28N2O5. The first-order chi connectivity index (χ1) is 10.7. The number of methoxy groups -OCH3 is 1. The van der Waals surface area contributed by atoms with Crippen LogP contribution in [0.25, 0.3) is 0 Å². The van der Waals surface area contributed by atoms with Crippen LogP contribution in [0.5, 0.6) is 0 Å². The molecule has 7 nitrogen and oxygen atoms in total. The molecule has 2 rings (SSSR count). The third-order valence-corrected chi connectivity index (χ3v) is 4.24. The summed E-state index contributed by atoms with van der Waals surface area (Å²) in [5.41, 5.74) is -1.04. The summed E-state index contributed by atoms with van der Waals surface area (Å²) in [5.74, 6) is -0.836. The Labute approximate surface area is 137 Å². The Bertz CT molecular complexity index is 450. The molecule has 7 heteroatoms. The lowest BCUT2D eigenvalue weighted by molar-refractivity contribution is -0.146. The number of carboxylic acid groups (broad SMARTS) is 1. The van der Waals surface area contributed by atoms with Crippen molar-refractivity contribution in [2.45, 2.75) is 57.2 Å². The zero-order valence-corrected chi connectivity index (χ0v) is 14.5. The number of carbonyl (C=O) groups is 2. The van der Waals surface area contributed by atoms with Gasteiger partial charge < -0.3 is 19.5 Å². The second-order valence-electron chi connectivity index (χ2n) is 7.55. The Morgan fingerprint density at radius 2 is 1.91 bits per heavy atom. The van der Waals surface area contributed by atoms with Gasteiger partial charge in [0.15, 0.2) is 0 Å². The molecule has 2 aliphatic rings. The fourth-order valence-corrected chi connectivity index (χ4v) is 3.18. The van der Waals surface area contributed by atoms with Crippen molar-refractivity contribution in [2.75, 3.05) is 33.4 Å². The molecule has 2 fully saturated rings. The maximum absolute atomic E-state index is 12.1. The van der Waals surface area contributed by atoms with Gasteiger partial charge in [0.1, 0.15) is 5.60 Å². The molecule has 1 heterocycles. The average Bonchev–Trinajstić information content (AvgIpc) is 3.16. The Hall–Kier alpha value is -1.34. The van der Waals surface area contributed by atoms with Crippen molar-refractivity contribution in [1.29, 1.82) is 0 Å². The number of carboxylic acids is 1. The van der Waals surface area contributed by atoms with E-state index in [1.807, 2.05) is 20.8 Å². The number of hydrogen-bond acceptors (Lipinski definition) is 5. The van der Waals surface area contributed by atoms with E-state index in [9.17, 15) is 14.7 Å². The van der Waals surface area contributed by atoms with Crippen LogP contribution in [0.15, 0.2) is 0 Å². The second kappa shape index (κ2) is 6.65. The molecule has 1 amide bonds. The summed E-state index contributed by atoms with van der Waals surface area (Å²) < 4.78 is 10.5. The number of aliphatic carboxylic acids is 1. The van der Waals surface area contributed by atoms with Crippen LogP contribution in [-0.2, 0) is 14.3 Å². The van der Waals surface area contributed by atoms with E-state index in [1.165, 1.54) is 0 Å². The first-order valence-corrected chi connectivity index (χ1v) is 8.12. The highest BCUT2D eigenvalue weighted by atomic mass is 16.6. The van der Waals surface area contributed by atoms with Gasteiger partial charge in [-0.3, -0.25) is 9.69 Å². The number of hydrogen-bond donors (Lipinski definition) is 1. The number of amides is 1. The van der Waals surface area contributed by atoms with E-state index in [1.54, 1.807) is 12.0 Å². The SMILES string of the molecule is COCCN(C1CC1)C1(CC(=O)O)CN(C(=O)OC(C)(C)C)C1. The molecule has 0 aromatic heterocycles. The van der Waals surface area contributed by atoms with E-state index in [-0.39, 0.29) is 12.5 Å². The average molecular weight is 328 g/mol. The minimum absolute atomic E-state index is 0.0342. The van der Waals surface area contributed by atoms with E-state index in [0.717, 1.165) is 12.8 Å². The zero-order valence-electron chi connectivity index (χ0n) is 14.5. The van der Waals surface area contributed by atoms with Crippen molar-refractivity contribution in [1.82, 2.24) is 9.80 Å². The van der Waals surface area contributed by atoms with E-state index in [0.29, 0.717) is 32.3 Å². The molecular weight excluding hydrogens is 300 g/mol. The fraction of sp³-hybridized carbons (Fsp3) is 0.875.